The fourth-order valence-electron chi connectivity index (χ4n) is 1.79. The third-order valence-electron chi connectivity index (χ3n) is 2.73. The van der Waals surface area contributed by atoms with Gasteiger partial charge in [-0.15, -0.1) is 11.3 Å². The van der Waals surface area contributed by atoms with Crippen LogP contribution in [0.4, 0.5) is 0 Å². The average molecular weight is 330 g/mol. The molecule has 1 amide bonds. The monoisotopic (exact) mass is 329 g/mol. The molecule has 4 nitrogen and oxygen atoms in total. The highest BCUT2D eigenvalue weighted by molar-refractivity contribution is 7.11. The first kappa shape index (κ1) is 15.2. The lowest BCUT2D eigenvalue weighted by atomic mass is 10.0. The maximum atomic E-state index is 12.1. The number of aromatic nitrogens is 2. The van der Waals surface area contributed by atoms with Crippen LogP contribution in [-0.4, -0.2) is 15.9 Å². The molecule has 20 heavy (non-hydrogen) atoms. The third-order valence-corrected chi connectivity index (χ3v) is 4.19. The number of nitrogens with zero attached hydrogens (tertiary/aromatic N) is 2. The van der Waals surface area contributed by atoms with Gasteiger partial charge in [0.05, 0.1) is 11.1 Å². The quantitative estimate of drug-likeness (QED) is 0.839. The molecule has 0 aliphatic rings. The molecule has 0 unspecified atom stereocenters. The van der Waals surface area contributed by atoms with Crippen molar-refractivity contribution in [2.24, 2.45) is 0 Å². The van der Waals surface area contributed by atoms with Crippen LogP contribution in [0, 0.1) is 0 Å². The molecule has 0 radical (unpaired) electrons. The van der Waals surface area contributed by atoms with Gasteiger partial charge in [-0.3, -0.25) is 4.79 Å². The zero-order valence-electron chi connectivity index (χ0n) is 10.8. The second-order valence-corrected chi connectivity index (χ2v) is 5.85. The number of pyridine rings is 1. The van der Waals surface area contributed by atoms with Crippen molar-refractivity contribution in [3.63, 3.8) is 0 Å². The zero-order chi connectivity index (χ0) is 14.5. The van der Waals surface area contributed by atoms with Gasteiger partial charge in [0.15, 0.2) is 5.01 Å². The third kappa shape index (κ3) is 3.69. The van der Waals surface area contributed by atoms with Crippen molar-refractivity contribution in [2.75, 3.05) is 0 Å². The van der Waals surface area contributed by atoms with E-state index in [1.807, 2.05) is 6.92 Å². The van der Waals surface area contributed by atoms with Crippen LogP contribution in [-0.2, 0) is 0 Å². The Morgan fingerprint density at radius 1 is 1.45 bits per heavy atom. The van der Waals surface area contributed by atoms with Gasteiger partial charge in [0.2, 0.25) is 0 Å². The van der Waals surface area contributed by atoms with Gasteiger partial charge in [-0.05, 0) is 18.1 Å². The summed E-state index contributed by atoms with van der Waals surface area (Å²) in [6, 6.07) is 1.58. The Morgan fingerprint density at radius 2 is 2.25 bits per heavy atom. The number of nitrogens with one attached hydrogen (secondary N) is 1. The number of halogens is 2. The Hall–Kier alpha value is -1.17. The zero-order valence-corrected chi connectivity index (χ0v) is 13.1. The van der Waals surface area contributed by atoms with E-state index < -0.39 is 0 Å². The lowest BCUT2D eigenvalue weighted by Gasteiger charge is -2.18. The largest absolute Gasteiger partial charge is 0.343 e. The first-order valence-electron chi connectivity index (χ1n) is 6.13. The van der Waals surface area contributed by atoms with E-state index in [2.05, 4.69) is 15.3 Å². The molecule has 7 heteroatoms. The van der Waals surface area contributed by atoms with Crippen molar-refractivity contribution in [3.8, 4) is 0 Å². The molecule has 0 aromatic carbocycles. The Balaban J connectivity index is 2.18. The molecule has 2 rings (SSSR count). The minimum absolute atomic E-state index is 0.154. The van der Waals surface area contributed by atoms with E-state index >= 15 is 0 Å². The van der Waals surface area contributed by atoms with E-state index in [-0.39, 0.29) is 17.1 Å². The van der Waals surface area contributed by atoms with E-state index in [4.69, 9.17) is 23.2 Å². The number of amides is 1. The fourth-order valence-corrected chi connectivity index (χ4v) is 2.61. The molecule has 2 aromatic rings. The molecular weight excluding hydrogens is 317 g/mol. The number of carbonyl (C=O) groups excluding carboxylic acids is 1. The van der Waals surface area contributed by atoms with Gasteiger partial charge < -0.3 is 5.32 Å². The first-order chi connectivity index (χ1) is 9.61. The summed E-state index contributed by atoms with van der Waals surface area (Å²) in [6.45, 7) is 2.05. The Bertz CT molecular complexity index is 589. The van der Waals surface area contributed by atoms with Crippen LogP contribution in [0.3, 0.4) is 0 Å². The molecule has 2 heterocycles. The normalized spacial score (nSPS) is 12.2. The molecule has 106 valence electrons. The number of rotatable bonds is 5. The van der Waals surface area contributed by atoms with Gasteiger partial charge in [0, 0.05) is 17.8 Å². The molecule has 0 aliphatic heterocycles. The van der Waals surface area contributed by atoms with Crippen LogP contribution in [0.2, 0.25) is 10.2 Å². The lowest BCUT2D eigenvalue weighted by Crippen LogP contribution is -2.28. The highest BCUT2D eigenvalue weighted by atomic mass is 35.5. The summed E-state index contributed by atoms with van der Waals surface area (Å²) in [4.78, 5) is 20.1. The predicted molar refractivity (Wildman–Crippen MR) is 81.5 cm³/mol. The van der Waals surface area contributed by atoms with E-state index in [9.17, 15) is 4.79 Å². The van der Waals surface area contributed by atoms with Crippen LogP contribution >= 0.6 is 34.5 Å². The van der Waals surface area contributed by atoms with Crippen LogP contribution < -0.4 is 5.32 Å². The minimum Gasteiger partial charge on any atom is -0.343 e. The van der Waals surface area contributed by atoms with Crippen molar-refractivity contribution in [1.29, 1.82) is 0 Å². The minimum atomic E-state index is -0.190. The average Bonchev–Trinajstić information content (AvgIpc) is 2.95. The number of hydrogen-bond donors (Lipinski definition) is 1. The van der Waals surface area contributed by atoms with Gasteiger partial charge in [-0.2, -0.15) is 0 Å². The highest BCUT2D eigenvalue weighted by Crippen LogP contribution is 2.25. The molecule has 0 saturated heterocycles. The molecule has 0 fully saturated rings. The van der Waals surface area contributed by atoms with Crippen molar-refractivity contribution in [2.45, 2.75) is 25.8 Å². The van der Waals surface area contributed by atoms with Gasteiger partial charge >= 0.3 is 0 Å². The fraction of sp³-hybridized carbons (Fsp3) is 0.308. The molecule has 1 N–H and O–H groups in total. The molecule has 0 aliphatic carbocycles. The maximum Gasteiger partial charge on any atom is 0.280 e. The smallest absolute Gasteiger partial charge is 0.280 e. The Morgan fingerprint density at radius 3 is 2.85 bits per heavy atom. The summed E-state index contributed by atoms with van der Waals surface area (Å²) in [7, 11) is 0. The van der Waals surface area contributed by atoms with Crippen LogP contribution in [0.1, 0.15) is 41.2 Å². The highest BCUT2D eigenvalue weighted by Gasteiger charge is 2.17. The van der Waals surface area contributed by atoms with E-state index in [1.165, 1.54) is 11.3 Å². The molecule has 2 aromatic heterocycles. The Labute approximate surface area is 131 Å². The summed E-state index contributed by atoms with van der Waals surface area (Å²) in [5, 5.41) is 5.81. The number of carbonyl (C=O) groups is 1. The summed E-state index contributed by atoms with van der Waals surface area (Å²) < 4.78 is 0. The van der Waals surface area contributed by atoms with Crippen molar-refractivity contribution >= 4 is 40.4 Å². The topological polar surface area (TPSA) is 54.9 Å². The summed E-state index contributed by atoms with van der Waals surface area (Å²) in [6.07, 6.45) is 4.95. The molecule has 0 bridgehead atoms. The van der Waals surface area contributed by atoms with Crippen LogP contribution in [0.25, 0.3) is 0 Å². The van der Waals surface area contributed by atoms with Gasteiger partial charge in [-0.25, -0.2) is 9.97 Å². The van der Waals surface area contributed by atoms with Gasteiger partial charge in [0.25, 0.3) is 5.91 Å². The second-order valence-electron chi connectivity index (χ2n) is 4.19. The van der Waals surface area contributed by atoms with Gasteiger partial charge in [-0.1, -0.05) is 36.5 Å². The van der Waals surface area contributed by atoms with Crippen molar-refractivity contribution < 1.29 is 4.79 Å². The first-order valence-corrected chi connectivity index (χ1v) is 7.76. The van der Waals surface area contributed by atoms with Crippen LogP contribution in [0.5, 0.6) is 0 Å². The van der Waals surface area contributed by atoms with E-state index in [0.717, 1.165) is 18.4 Å². The molecule has 1 atom stereocenters. The van der Waals surface area contributed by atoms with Gasteiger partial charge in [0.1, 0.15) is 5.15 Å². The summed E-state index contributed by atoms with van der Waals surface area (Å²) >= 11 is 13.1. The van der Waals surface area contributed by atoms with Crippen molar-refractivity contribution in [1.82, 2.24) is 15.3 Å². The predicted octanol–water partition coefficient (Wildman–Crippen LogP) is 4.12. The van der Waals surface area contributed by atoms with Crippen LogP contribution in [0.15, 0.2) is 23.8 Å². The second kappa shape index (κ2) is 7.02. The Kier molecular flexibility index (Phi) is 5.34. The van der Waals surface area contributed by atoms with E-state index in [1.54, 1.807) is 23.8 Å². The summed E-state index contributed by atoms with van der Waals surface area (Å²) in [5.74, 6) is -0.190. The van der Waals surface area contributed by atoms with E-state index in [0.29, 0.717) is 10.0 Å². The van der Waals surface area contributed by atoms with Crippen molar-refractivity contribution in [3.05, 3.63) is 44.6 Å². The maximum absolute atomic E-state index is 12.1. The standard InChI is InChI=1S/C13H13Cl2N3OS/c1-2-3-10(8-6-9(14)11(15)17-7-8)18-12(19)13-16-4-5-20-13/h4-7,10H,2-3H2,1H3,(H,18,19)/t10-/m1/s1. The molecular formula is C13H13Cl2N3OS. The number of thiazole rings is 1. The number of hydrogen-bond acceptors (Lipinski definition) is 4. The molecule has 0 saturated carbocycles. The lowest BCUT2D eigenvalue weighted by molar-refractivity contribution is 0.0934. The SMILES string of the molecule is CCC[C@@H](NC(=O)c1nccs1)c1cnc(Cl)c(Cl)c1. The summed E-state index contributed by atoms with van der Waals surface area (Å²) in [5.41, 5.74) is 0.839. The molecule has 0 spiro atoms.